The summed E-state index contributed by atoms with van der Waals surface area (Å²) in [5, 5.41) is 12.5. The molecule has 0 spiro atoms. The smallest absolute Gasteiger partial charge is 0.335 e. The molecule has 1 aliphatic heterocycles. The van der Waals surface area contributed by atoms with Crippen molar-refractivity contribution in [2.45, 2.75) is 0 Å². The van der Waals surface area contributed by atoms with Gasteiger partial charge in [0.15, 0.2) is 0 Å². The van der Waals surface area contributed by atoms with Crippen LogP contribution in [-0.4, -0.2) is 28.8 Å². The van der Waals surface area contributed by atoms with Crippen molar-refractivity contribution >= 4 is 58.3 Å². The Labute approximate surface area is 185 Å². The Morgan fingerprint density at radius 2 is 1.45 bits per heavy atom. The second-order valence-electron chi connectivity index (χ2n) is 6.64. The number of aromatic carboxylic acids is 1. The summed E-state index contributed by atoms with van der Waals surface area (Å²) in [7, 11) is 0. The number of carboxylic acid groups (broad SMARTS) is 1. The molecule has 4 rings (SSSR count). The highest BCUT2D eigenvalue weighted by Crippen LogP contribution is 2.30. The molecule has 0 fully saturated rings. The van der Waals surface area contributed by atoms with E-state index in [1.807, 2.05) is 0 Å². The van der Waals surface area contributed by atoms with Gasteiger partial charge in [-0.15, -0.1) is 0 Å². The van der Waals surface area contributed by atoms with Crippen LogP contribution >= 0.6 is 23.2 Å². The quantitative estimate of drug-likeness (QED) is 0.553. The van der Waals surface area contributed by atoms with Crippen molar-refractivity contribution < 1.29 is 24.3 Å². The lowest BCUT2D eigenvalue weighted by Gasteiger charge is -2.14. The van der Waals surface area contributed by atoms with Gasteiger partial charge in [-0.25, -0.2) is 9.69 Å². The van der Waals surface area contributed by atoms with E-state index in [-0.39, 0.29) is 33.0 Å². The summed E-state index contributed by atoms with van der Waals surface area (Å²) in [6, 6.07) is 14.3. The number of anilines is 2. The highest BCUT2D eigenvalue weighted by atomic mass is 35.5. The lowest BCUT2D eigenvalue weighted by atomic mass is 10.1. The number of hydrogen-bond donors (Lipinski definition) is 2. The highest BCUT2D eigenvalue weighted by molar-refractivity contribution is 6.37. The number of imide groups is 1. The number of carbonyl (C=O) groups is 4. The third kappa shape index (κ3) is 3.76. The lowest BCUT2D eigenvalue weighted by Crippen LogP contribution is -2.29. The molecular weight excluding hydrogens is 443 g/mol. The van der Waals surface area contributed by atoms with E-state index in [0.717, 1.165) is 4.90 Å². The van der Waals surface area contributed by atoms with E-state index in [0.29, 0.717) is 10.7 Å². The van der Waals surface area contributed by atoms with Crippen LogP contribution in [0.2, 0.25) is 10.0 Å². The van der Waals surface area contributed by atoms with Gasteiger partial charge in [-0.05, 0) is 60.7 Å². The minimum absolute atomic E-state index is 0.0177. The monoisotopic (exact) mass is 454 g/mol. The van der Waals surface area contributed by atoms with Crippen LogP contribution in [0, 0.1) is 0 Å². The van der Waals surface area contributed by atoms with E-state index in [4.69, 9.17) is 28.3 Å². The van der Waals surface area contributed by atoms with Crippen molar-refractivity contribution in [1.29, 1.82) is 0 Å². The van der Waals surface area contributed by atoms with E-state index in [9.17, 15) is 19.2 Å². The van der Waals surface area contributed by atoms with Gasteiger partial charge in [-0.2, -0.15) is 0 Å². The van der Waals surface area contributed by atoms with Crippen LogP contribution in [0.1, 0.15) is 41.4 Å². The molecule has 0 atom stereocenters. The maximum absolute atomic E-state index is 12.7. The van der Waals surface area contributed by atoms with Crippen LogP contribution in [-0.2, 0) is 0 Å². The molecular formula is C22H12Cl2N2O5. The first-order chi connectivity index (χ1) is 14.8. The van der Waals surface area contributed by atoms with Crippen LogP contribution in [0.5, 0.6) is 0 Å². The molecule has 0 radical (unpaired) electrons. The average Bonchev–Trinajstić information content (AvgIpc) is 3.00. The zero-order valence-corrected chi connectivity index (χ0v) is 17.1. The summed E-state index contributed by atoms with van der Waals surface area (Å²) in [5.41, 5.74) is 0.964. The zero-order valence-electron chi connectivity index (χ0n) is 15.6. The number of carbonyl (C=O) groups excluding carboxylic acids is 3. The van der Waals surface area contributed by atoms with Gasteiger partial charge >= 0.3 is 5.97 Å². The Morgan fingerprint density at radius 3 is 2.10 bits per heavy atom. The molecule has 3 aromatic rings. The third-order valence-corrected chi connectivity index (χ3v) is 5.25. The van der Waals surface area contributed by atoms with Crippen molar-refractivity contribution in [3.8, 4) is 0 Å². The molecule has 7 nitrogen and oxygen atoms in total. The highest BCUT2D eigenvalue weighted by Gasteiger charge is 2.37. The van der Waals surface area contributed by atoms with Gasteiger partial charge in [0.25, 0.3) is 17.7 Å². The molecule has 3 amide bonds. The number of fused-ring (bicyclic) bond motifs is 1. The van der Waals surface area contributed by atoms with Gasteiger partial charge in [-0.3, -0.25) is 14.4 Å². The van der Waals surface area contributed by atoms with E-state index in [2.05, 4.69) is 5.32 Å². The summed E-state index contributed by atoms with van der Waals surface area (Å²) in [6.07, 6.45) is 0. The summed E-state index contributed by atoms with van der Waals surface area (Å²) >= 11 is 11.9. The summed E-state index contributed by atoms with van der Waals surface area (Å²) in [4.78, 5) is 50.0. The van der Waals surface area contributed by atoms with Gasteiger partial charge in [0.05, 0.1) is 33.1 Å². The maximum Gasteiger partial charge on any atom is 0.335 e. The Balaban J connectivity index is 1.56. The van der Waals surface area contributed by atoms with Crippen molar-refractivity contribution in [3.63, 3.8) is 0 Å². The number of nitrogens with one attached hydrogen (secondary N) is 1. The number of amides is 3. The van der Waals surface area contributed by atoms with Crippen molar-refractivity contribution in [2.75, 3.05) is 10.2 Å². The lowest BCUT2D eigenvalue weighted by molar-refractivity contribution is 0.0696. The van der Waals surface area contributed by atoms with E-state index >= 15 is 0 Å². The van der Waals surface area contributed by atoms with Crippen LogP contribution in [0.15, 0.2) is 60.7 Å². The first-order valence-electron chi connectivity index (χ1n) is 8.89. The molecule has 0 saturated carbocycles. The van der Waals surface area contributed by atoms with E-state index in [1.54, 1.807) is 12.1 Å². The second kappa shape index (κ2) is 7.86. The Kier molecular flexibility index (Phi) is 5.22. The average molecular weight is 455 g/mol. The van der Waals surface area contributed by atoms with E-state index in [1.165, 1.54) is 48.5 Å². The first-order valence-corrected chi connectivity index (χ1v) is 9.64. The fourth-order valence-electron chi connectivity index (χ4n) is 3.16. The number of benzene rings is 3. The van der Waals surface area contributed by atoms with Gasteiger partial charge in [0, 0.05) is 10.6 Å². The van der Waals surface area contributed by atoms with Gasteiger partial charge in [0.2, 0.25) is 0 Å². The number of hydrogen-bond acceptors (Lipinski definition) is 4. The zero-order chi connectivity index (χ0) is 22.3. The van der Waals surface area contributed by atoms with Crippen molar-refractivity contribution in [3.05, 3.63) is 93.0 Å². The predicted molar refractivity (Wildman–Crippen MR) is 115 cm³/mol. The Hall–Kier alpha value is -3.68. The molecule has 0 unspecified atom stereocenters. The van der Waals surface area contributed by atoms with Crippen LogP contribution in [0.3, 0.4) is 0 Å². The van der Waals surface area contributed by atoms with Crippen LogP contribution < -0.4 is 10.2 Å². The summed E-state index contributed by atoms with van der Waals surface area (Å²) < 4.78 is 0. The van der Waals surface area contributed by atoms with E-state index < -0.39 is 23.7 Å². The summed E-state index contributed by atoms with van der Waals surface area (Å²) in [5.74, 6) is -2.84. The molecule has 154 valence electrons. The molecule has 0 saturated heterocycles. The molecule has 1 heterocycles. The number of carboxylic acids is 1. The molecule has 0 aromatic heterocycles. The fourth-order valence-corrected chi connectivity index (χ4v) is 3.61. The SMILES string of the molecule is O=C(O)c1ccc2c(c1)C(=O)N(c1ccc(C(=O)Nc3ccc(Cl)cc3Cl)cc1)C2=O. The number of halogens is 2. The molecule has 1 aliphatic rings. The van der Waals surface area contributed by atoms with Crippen LogP contribution in [0.25, 0.3) is 0 Å². The molecule has 0 aliphatic carbocycles. The number of nitrogens with zero attached hydrogens (tertiary/aromatic N) is 1. The molecule has 3 aromatic carbocycles. The van der Waals surface area contributed by atoms with Crippen LogP contribution in [0.4, 0.5) is 11.4 Å². The third-order valence-electron chi connectivity index (χ3n) is 4.70. The van der Waals surface area contributed by atoms with Gasteiger partial charge < -0.3 is 10.4 Å². The van der Waals surface area contributed by atoms with Crippen molar-refractivity contribution in [1.82, 2.24) is 0 Å². The Bertz CT molecular complexity index is 1270. The molecule has 31 heavy (non-hydrogen) atoms. The van der Waals surface area contributed by atoms with Crippen molar-refractivity contribution in [2.24, 2.45) is 0 Å². The predicted octanol–water partition coefficient (Wildman–Crippen LogP) is 4.74. The largest absolute Gasteiger partial charge is 0.478 e. The number of rotatable bonds is 4. The van der Waals surface area contributed by atoms with Gasteiger partial charge in [-0.1, -0.05) is 23.2 Å². The first kappa shape index (κ1) is 20.6. The minimum Gasteiger partial charge on any atom is -0.478 e. The standard InChI is InChI=1S/C22H12Cl2N2O5/c23-13-4-8-18(17(24)10-13)25-19(27)11-1-5-14(6-2-11)26-20(28)15-7-3-12(22(30)31)9-16(15)21(26)29/h1-10H,(H,25,27)(H,30,31). The summed E-state index contributed by atoms with van der Waals surface area (Å²) in [6.45, 7) is 0. The van der Waals surface area contributed by atoms with Gasteiger partial charge in [0.1, 0.15) is 0 Å². The topological polar surface area (TPSA) is 104 Å². The Morgan fingerprint density at radius 1 is 0.806 bits per heavy atom. The second-order valence-corrected chi connectivity index (χ2v) is 7.48. The molecule has 0 bridgehead atoms. The fraction of sp³-hybridized carbons (Fsp3) is 0. The minimum atomic E-state index is -1.20. The maximum atomic E-state index is 12.7. The molecule has 2 N–H and O–H groups in total. The molecule has 9 heteroatoms. The normalized spacial score (nSPS) is 12.6.